The zero-order chi connectivity index (χ0) is 12.3. The molecule has 2 rings (SSSR count). The number of rotatable bonds is 4. The molecule has 2 aromatic rings. The van der Waals surface area contributed by atoms with E-state index in [-0.39, 0.29) is 6.42 Å². The summed E-state index contributed by atoms with van der Waals surface area (Å²) in [6.45, 7) is 2.10. The zero-order valence-corrected chi connectivity index (χ0v) is 9.60. The van der Waals surface area contributed by atoms with E-state index in [1.807, 2.05) is 24.3 Å². The molecule has 1 aromatic heterocycles. The molecule has 0 radical (unpaired) electrons. The number of nitrogens with one attached hydrogen (secondary N) is 1. The number of aliphatic carboxylic acids is 1. The molecule has 4 heteroatoms. The van der Waals surface area contributed by atoms with Crippen molar-refractivity contribution < 1.29 is 9.90 Å². The number of aromatic amines is 1. The van der Waals surface area contributed by atoms with Crippen molar-refractivity contribution in [1.82, 2.24) is 10.2 Å². The third-order valence-electron chi connectivity index (χ3n) is 2.72. The summed E-state index contributed by atoms with van der Waals surface area (Å²) in [5.74, 6) is -0.860. The van der Waals surface area contributed by atoms with Crippen LogP contribution in [0.5, 0.6) is 0 Å². The van der Waals surface area contributed by atoms with Gasteiger partial charge in [-0.05, 0) is 17.5 Å². The first-order valence-electron chi connectivity index (χ1n) is 5.54. The molecule has 0 unspecified atom stereocenters. The highest BCUT2D eigenvalue weighted by Gasteiger charge is 2.10. The third-order valence-corrected chi connectivity index (χ3v) is 2.72. The van der Waals surface area contributed by atoms with Gasteiger partial charge in [0.2, 0.25) is 0 Å². The Balaban J connectivity index is 2.32. The number of H-pyrrole nitrogens is 1. The number of hydrogen-bond acceptors (Lipinski definition) is 2. The minimum Gasteiger partial charge on any atom is -0.481 e. The molecule has 1 aromatic carbocycles. The summed E-state index contributed by atoms with van der Waals surface area (Å²) in [7, 11) is 0. The first-order valence-corrected chi connectivity index (χ1v) is 5.54. The Kier molecular flexibility index (Phi) is 3.23. The van der Waals surface area contributed by atoms with Crippen molar-refractivity contribution in [3.8, 4) is 11.1 Å². The van der Waals surface area contributed by atoms with Gasteiger partial charge in [-0.3, -0.25) is 9.89 Å². The van der Waals surface area contributed by atoms with Crippen molar-refractivity contribution in [2.45, 2.75) is 19.8 Å². The summed E-state index contributed by atoms with van der Waals surface area (Å²) in [6.07, 6.45) is 2.62. The average Bonchev–Trinajstić information content (AvgIpc) is 2.76. The van der Waals surface area contributed by atoms with E-state index >= 15 is 0 Å². The molecule has 0 bridgehead atoms. The summed E-state index contributed by atoms with van der Waals surface area (Å²) in [5, 5.41) is 15.4. The molecule has 0 atom stereocenters. The van der Waals surface area contributed by atoms with Gasteiger partial charge in [0.15, 0.2) is 0 Å². The Bertz CT molecular complexity index is 514. The van der Waals surface area contributed by atoms with Crippen LogP contribution in [0.2, 0.25) is 0 Å². The fourth-order valence-electron chi connectivity index (χ4n) is 1.77. The van der Waals surface area contributed by atoms with Crippen molar-refractivity contribution in [1.29, 1.82) is 0 Å². The molecule has 1 heterocycles. The lowest BCUT2D eigenvalue weighted by Crippen LogP contribution is -2.01. The molecule has 0 fully saturated rings. The molecule has 0 aliphatic carbocycles. The Labute approximate surface area is 99.3 Å². The predicted octanol–water partition coefficient (Wildman–Crippen LogP) is 2.27. The van der Waals surface area contributed by atoms with E-state index in [1.165, 1.54) is 5.56 Å². The number of aryl methyl sites for hydroxylation is 1. The quantitative estimate of drug-likeness (QED) is 0.846. The summed E-state index contributed by atoms with van der Waals surface area (Å²) < 4.78 is 0. The summed E-state index contributed by atoms with van der Waals surface area (Å²) in [6, 6.07) is 8.09. The minimum atomic E-state index is -0.860. The molecule has 0 saturated carbocycles. The van der Waals surface area contributed by atoms with Gasteiger partial charge >= 0.3 is 5.97 Å². The molecule has 0 aliphatic heterocycles. The van der Waals surface area contributed by atoms with Gasteiger partial charge in [0, 0.05) is 5.56 Å². The van der Waals surface area contributed by atoms with Gasteiger partial charge in [0.25, 0.3) is 0 Å². The van der Waals surface area contributed by atoms with Crippen LogP contribution in [-0.4, -0.2) is 21.3 Å². The van der Waals surface area contributed by atoms with Gasteiger partial charge in [0.1, 0.15) is 0 Å². The van der Waals surface area contributed by atoms with Gasteiger partial charge in [-0.1, -0.05) is 31.2 Å². The van der Waals surface area contributed by atoms with E-state index < -0.39 is 5.97 Å². The van der Waals surface area contributed by atoms with Crippen molar-refractivity contribution in [2.24, 2.45) is 0 Å². The number of benzene rings is 1. The largest absolute Gasteiger partial charge is 0.481 e. The second-order valence-corrected chi connectivity index (χ2v) is 3.88. The SMILES string of the molecule is CCc1ccc(-c2cn[nH]c2CC(=O)O)cc1. The maximum atomic E-state index is 10.7. The first-order chi connectivity index (χ1) is 8.20. The van der Waals surface area contributed by atoms with Crippen molar-refractivity contribution >= 4 is 5.97 Å². The second kappa shape index (κ2) is 4.82. The maximum absolute atomic E-state index is 10.7. The normalized spacial score (nSPS) is 10.4. The van der Waals surface area contributed by atoms with Gasteiger partial charge in [-0.25, -0.2) is 0 Å². The highest BCUT2D eigenvalue weighted by molar-refractivity contribution is 5.75. The fraction of sp³-hybridized carbons (Fsp3) is 0.231. The lowest BCUT2D eigenvalue weighted by Gasteiger charge is -2.02. The zero-order valence-electron chi connectivity index (χ0n) is 9.60. The average molecular weight is 230 g/mol. The minimum absolute atomic E-state index is 0.0368. The second-order valence-electron chi connectivity index (χ2n) is 3.88. The van der Waals surface area contributed by atoms with Crippen molar-refractivity contribution in [2.75, 3.05) is 0 Å². The van der Waals surface area contributed by atoms with E-state index in [0.29, 0.717) is 5.69 Å². The van der Waals surface area contributed by atoms with Crippen LogP contribution in [0.25, 0.3) is 11.1 Å². The van der Waals surface area contributed by atoms with Crippen LogP contribution in [0.4, 0.5) is 0 Å². The maximum Gasteiger partial charge on any atom is 0.309 e. The molecule has 4 nitrogen and oxygen atoms in total. The smallest absolute Gasteiger partial charge is 0.309 e. The third kappa shape index (κ3) is 2.53. The molecular weight excluding hydrogens is 216 g/mol. The van der Waals surface area contributed by atoms with Crippen LogP contribution in [-0.2, 0) is 17.6 Å². The molecule has 0 spiro atoms. The molecule has 2 N–H and O–H groups in total. The number of carboxylic acids is 1. The number of hydrogen-bond donors (Lipinski definition) is 2. The van der Waals surface area contributed by atoms with Crippen molar-refractivity contribution in [3.05, 3.63) is 41.7 Å². The van der Waals surface area contributed by atoms with Gasteiger partial charge < -0.3 is 5.11 Å². The summed E-state index contributed by atoms with van der Waals surface area (Å²) in [4.78, 5) is 10.7. The highest BCUT2D eigenvalue weighted by atomic mass is 16.4. The molecule has 88 valence electrons. The lowest BCUT2D eigenvalue weighted by atomic mass is 10.0. The van der Waals surface area contributed by atoms with E-state index in [9.17, 15) is 4.79 Å². The highest BCUT2D eigenvalue weighted by Crippen LogP contribution is 2.22. The Morgan fingerprint density at radius 3 is 2.65 bits per heavy atom. The van der Waals surface area contributed by atoms with E-state index in [1.54, 1.807) is 6.20 Å². The first kappa shape index (κ1) is 11.4. The van der Waals surface area contributed by atoms with E-state index in [0.717, 1.165) is 17.5 Å². The van der Waals surface area contributed by atoms with Crippen LogP contribution in [0.3, 0.4) is 0 Å². The van der Waals surface area contributed by atoms with Crippen LogP contribution in [0, 0.1) is 0 Å². The summed E-state index contributed by atoms with van der Waals surface area (Å²) in [5.41, 5.74) is 3.75. The Morgan fingerprint density at radius 2 is 2.06 bits per heavy atom. The van der Waals surface area contributed by atoms with Gasteiger partial charge in [-0.2, -0.15) is 5.10 Å². The number of nitrogens with zero attached hydrogens (tertiary/aromatic N) is 1. The lowest BCUT2D eigenvalue weighted by molar-refractivity contribution is -0.136. The van der Waals surface area contributed by atoms with E-state index in [2.05, 4.69) is 17.1 Å². The van der Waals surface area contributed by atoms with Crippen molar-refractivity contribution in [3.63, 3.8) is 0 Å². The fourth-order valence-corrected chi connectivity index (χ4v) is 1.77. The molecule has 17 heavy (non-hydrogen) atoms. The number of aromatic nitrogens is 2. The van der Waals surface area contributed by atoms with Crippen LogP contribution in [0.1, 0.15) is 18.2 Å². The molecular formula is C13H14N2O2. The van der Waals surface area contributed by atoms with Crippen LogP contribution < -0.4 is 0 Å². The monoisotopic (exact) mass is 230 g/mol. The van der Waals surface area contributed by atoms with Gasteiger partial charge in [-0.15, -0.1) is 0 Å². The van der Waals surface area contributed by atoms with Crippen LogP contribution >= 0.6 is 0 Å². The number of carbonyl (C=O) groups is 1. The summed E-state index contributed by atoms with van der Waals surface area (Å²) >= 11 is 0. The van der Waals surface area contributed by atoms with Crippen LogP contribution in [0.15, 0.2) is 30.5 Å². The molecule has 0 aliphatic rings. The Morgan fingerprint density at radius 1 is 1.35 bits per heavy atom. The Hall–Kier alpha value is -2.10. The molecule has 0 saturated heterocycles. The van der Waals surface area contributed by atoms with E-state index in [4.69, 9.17) is 5.11 Å². The predicted molar refractivity (Wildman–Crippen MR) is 64.7 cm³/mol. The van der Waals surface area contributed by atoms with Gasteiger partial charge in [0.05, 0.1) is 18.3 Å². The topological polar surface area (TPSA) is 66.0 Å². The standard InChI is InChI=1S/C13H14N2O2/c1-2-9-3-5-10(6-4-9)11-8-14-15-12(11)7-13(16)17/h3-6,8H,2,7H2,1H3,(H,14,15)(H,16,17). The number of carboxylic acid groups (broad SMARTS) is 1. The molecule has 0 amide bonds.